The quantitative estimate of drug-likeness (QED) is 0.706. The summed E-state index contributed by atoms with van der Waals surface area (Å²) in [4.78, 5) is 12.2. The zero-order chi connectivity index (χ0) is 18.1. The van der Waals surface area contributed by atoms with E-state index in [-0.39, 0.29) is 12.0 Å². The van der Waals surface area contributed by atoms with Gasteiger partial charge in [0.1, 0.15) is 5.75 Å². The topological polar surface area (TPSA) is 56.8 Å². The van der Waals surface area contributed by atoms with Crippen LogP contribution in [-0.4, -0.2) is 32.3 Å². The second-order valence-electron chi connectivity index (χ2n) is 5.80. The molecule has 0 fully saturated rings. The molecule has 0 aliphatic heterocycles. The second kappa shape index (κ2) is 9.57. The van der Waals surface area contributed by atoms with Crippen molar-refractivity contribution in [1.29, 1.82) is 0 Å². The molecule has 2 aromatic rings. The van der Waals surface area contributed by atoms with Crippen molar-refractivity contribution in [3.63, 3.8) is 0 Å². The molecule has 0 bridgehead atoms. The first-order chi connectivity index (χ1) is 12.1. The first-order valence-corrected chi connectivity index (χ1v) is 8.41. The maximum Gasteiger partial charge on any atom is 0.251 e. The molecule has 1 N–H and O–H groups in total. The molecule has 1 amide bonds. The van der Waals surface area contributed by atoms with Crippen molar-refractivity contribution in [2.24, 2.45) is 0 Å². The molecule has 0 atom stereocenters. The highest BCUT2D eigenvalue weighted by Crippen LogP contribution is 2.28. The van der Waals surface area contributed by atoms with Crippen molar-refractivity contribution < 1.29 is 19.0 Å². The number of hydrogen-bond acceptors (Lipinski definition) is 4. The van der Waals surface area contributed by atoms with Gasteiger partial charge in [0.15, 0.2) is 11.5 Å². The van der Waals surface area contributed by atoms with Gasteiger partial charge in [-0.25, -0.2) is 0 Å². The number of benzene rings is 2. The van der Waals surface area contributed by atoms with Gasteiger partial charge in [0.2, 0.25) is 0 Å². The largest absolute Gasteiger partial charge is 0.494 e. The Kier molecular flexibility index (Phi) is 7.14. The molecular weight excluding hydrogens is 318 g/mol. The van der Waals surface area contributed by atoms with E-state index in [1.165, 1.54) is 0 Å². The van der Waals surface area contributed by atoms with Crippen molar-refractivity contribution in [2.75, 3.05) is 20.3 Å². The Balaban J connectivity index is 1.80. The zero-order valence-electron chi connectivity index (χ0n) is 15.0. The Morgan fingerprint density at radius 3 is 2.52 bits per heavy atom. The predicted octanol–water partition coefficient (Wildman–Crippen LogP) is 3.68. The van der Waals surface area contributed by atoms with Crippen molar-refractivity contribution in [3.8, 4) is 17.2 Å². The number of methoxy groups -OCH3 is 1. The molecule has 0 spiro atoms. The van der Waals surface area contributed by atoms with Gasteiger partial charge in [0.05, 0.1) is 19.8 Å². The molecule has 25 heavy (non-hydrogen) atoms. The SMILES string of the molecule is COc1cc(C(=O)NCCCOc2ccccc2)ccc1OC(C)C. The van der Waals surface area contributed by atoms with Gasteiger partial charge in [-0.05, 0) is 50.6 Å². The molecule has 0 saturated heterocycles. The van der Waals surface area contributed by atoms with Gasteiger partial charge in [-0.1, -0.05) is 18.2 Å². The van der Waals surface area contributed by atoms with Gasteiger partial charge in [-0.3, -0.25) is 4.79 Å². The summed E-state index contributed by atoms with van der Waals surface area (Å²) in [6.45, 7) is 4.97. The third-order valence-electron chi connectivity index (χ3n) is 3.41. The Morgan fingerprint density at radius 1 is 1.08 bits per heavy atom. The number of nitrogens with one attached hydrogen (secondary N) is 1. The zero-order valence-corrected chi connectivity index (χ0v) is 15.0. The number of amides is 1. The number of carbonyl (C=O) groups is 1. The highest BCUT2D eigenvalue weighted by molar-refractivity contribution is 5.94. The minimum atomic E-state index is -0.144. The molecule has 0 aliphatic carbocycles. The number of para-hydroxylation sites is 1. The Labute approximate surface area is 148 Å². The van der Waals surface area contributed by atoms with E-state index in [1.807, 2.05) is 44.2 Å². The Morgan fingerprint density at radius 2 is 1.84 bits per heavy atom. The Bertz CT molecular complexity index is 671. The van der Waals surface area contributed by atoms with Crippen molar-refractivity contribution in [2.45, 2.75) is 26.4 Å². The smallest absolute Gasteiger partial charge is 0.251 e. The van der Waals surface area contributed by atoms with Crippen LogP contribution in [0.4, 0.5) is 0 Å². The molecule has 5 heteroatoms. The highest BCUT2D eigenvalue weighted by Gasteiger charge is 2.11. The minimum Gasteiger partial charge on any atom is -0.494 e. The van der Waals surface area contributed by atoms with Crippen LogP contribution in [-0.2, 0) is 0 Å². The van der Waals surface area contributed by atoms with Crippen LogP contribution in [0.2, 0.25) is 0 Å². The molecule has 0 unspecified atom stereocenters. The minimum absolute atomic E-state index is 0.0400. The average molecular weight is 343 g/mol. The summed E-state index contributed by atoms with van der Waals surface area (Å²) < 4.78 is 16.6. The summed E-state index contributed by atoms with van der Waals surface area (Å²) in [5, 5.41) is 2.88. The number of ether oxygens (including phenoxy) is 3. The molecule has 2 rings (SSSR count). The fraction of sp³-hybridized carbons (Fsp3) is 0.350. The van der Waals surface area contributed by atoms with Gasteiger partial charge < -0.3 is 19.5 Å². The van der Waals surface area contributed by atoms with Crippen LogP contribution >= 0.6 is 0 Å². The lowest BCUT2D eigenvalue weighted by molar-refractivity contribution is 0.0951. The van der Waals surface area contributed by atoms with E-state index in [0.29, 0.717) is 30.2 Å². The van der Waals surface area contributed by atoms with Gasteiger partial charge in [0, 0.05) is 12.1 Å². The van der Waals surface area contributed by atoms with E-state index in [0.717, 1.165) is 12.2 Å². The third kappa shape index (κ3) is 6.03. The molecule has 0 saturated carbocycles. The summed E-state index contributed by atoms with van der Waals surface area (Å²) in [5.41, 5.74) is 0.539. The third-order valence-corrected chi connectivity index (χ3v) is 3.41. The molecule has 0 aliphatic rings. The van der Waals surface area contributed by atoms with Crippen LogP contribution in [0.3, 0.4) is 0 Å². The molecular formula is C20H25NO4. The molecule has 0 aromatic heterocycles. The van der Waals surface area contributed by atoms with Gasteiger partial charge in [-0.2, -0.15) is 0 Å². The second-order valence-corrected chi connectivity index (χ2v) is 5.80. The molecule has 0 heterocycles. The van der Waals surface area contributed by atoms with E-state index in [9.17, 15) is 4.79 Å². The van der Waals surface area contributed by atoms with Gasteiger partial charge in [-0.15, -0.1) is 0 Å². The maximum atomic E-state index is 12.2. The van der Waals surface area contributed by atoms with Gasteiger partial charge in [0.25, 0.3) is 5.91 Å². The molecule has 2 aromatic carbocycles. The first kappa shape index (κ1) is 18.6. The first-order valence-electron chi connectivity index (χ1n) is 8.41. The fourth-order valence-electron chi connectivity index (χ4n) is 2.24. The summed E-state index contributed by atoms with van der Waals surface area (Å²) in [5.74, 6) is 1.87. The molecule has 0 radical (unpaired) electrons. The van der Waals surface area contributed by atoms with Gasteiger partial charge >= 0.3 is 0 Å². The summed E-state index contributed by atoms with van der Waals surface area (Å²) in [6.07, 6.45) is 0.768. The lowest BCUT2D eigenvalue weighted by Crippen LogP contribution is -2.25. The number of carbonyl (C=O) groups excluding carboxylic acids is 1. The van der Waals surface area contributed by atoms with Crippen LogP contribution < -0.4 is 19.5 Å². The van der Waals surface area contributed by atoms with Crippen LogP contribution in [0, 0.1) is 0 Å². The van der Waals surface area contributed by atoms with Crippen molar-refractivity contribution in [1.82, 2.24) is 5.32 Å². The highest BCUT2D eigenvalue weighted by atomic mass is 16.5. The van der Waals surface area contributed by atoms with E-state index < -0.39 is 0 Å². The standard InChI is InChI=1S/C20H25NO4/c1-15(2)25-18-11-10-16(14-19(18)23-3)20(22)21-12-7-13-24-17-8-5-4-6-9-17/h4-6,8-11,14-15H,7,12-13H2,1-3H3,(H,21,22). The summed E-state index contributed by atoms with van der Waals surface area (Å²) >= 11 is 0. The maximum absolute atomic E-state index is 12.2. The lowest BCUT2D eigenvalue weighted by Gasteiger charge is -2.14. The van der Waals surface area contributed by atoms with Crippen molar-refractivity contribution >= 4 is 5.91 Å². The normalized spacial score (nSPS) is 10.4. The van der Waals surface area contributed by atoms with Crippen LogP contribution in [0.15, 0.2) is 48.5 Å². The Hall–Kier alpha value is -2.69. The number of hydrogen-bond donors (Lipinski definition) is 1. The van der Waals surface area contributed by atoms with Crippen LogP contribution in [0.1, 0.15) is 30.6 Å². The summed E-state index contributed by atoms with van der Waals surface area (Å²) in [7, 11) is 1.56. The van der Waals surface area contributed by atoms with E-state index in [1.54, 1.807) is 25.3 Å². The van der Waals surface area contributed by atoms with Crippen molar-refractivity contribution in [3.05, 3.63) is 54.1 Å². The van der Waals surface area contributed by atoms with Crippen LogP contribution in [0.25, 0.3) is 0 Å². The van der Waals surface area contributed by atoms with E-state index in [4.69, 9.17) is 14.2 Å². The monoisotopic (exact) mass is 343 g/mol. The van der Waals surface area contributed by atoms with Crippen LogP contribution in [0.5, 0.6) is 17.2 Å². The fourth-order valence-corrected chi connectivity index (χ4v) is 2.24. The number of rotatable bonds is 9. The summed E-state index contributed by atoms with van der Waals surface area (Å²) in [6, 6.07) is 14.8. The van der Waals surface area contributed by atoms with E-state index >= 15 is 0 Å². The molecule has 134 valence electrons. The van der Waals surface area contributed by atoms with E-state index in [2.05, 4.69) is 5.32 Å². The predicted molar refractivity (Wildman–Crippen MR) is 97.6 cm³/mol. The lowest BCUT2D eigenvalue weighted by atomic mass is 10.2. The average Bonchev–Trinajstić information content (AvgIpc) is 2.62. The molecule has 5 nitrogen and oxygen atoms in total.